The van der Waals surface area contributed by atoms with Gasteiger partial charge in [0.25, 0.3) is 0 Å². The summed E-state index contributed by atoms with van der Waals surface area (Å²) < 4.78 is 31.8. The van der Waals surface area contributed by atoms with Crippen molar-refractivity contribution >= 4 is 35.4 Å². The number of epoxide rings is 1. The zero-order chi connectivity index (χ0) is 27.4. The third-order valence-corrected chi connectivity index (χ3v) is 8.71. The predicted octanol–water partition coefficient (Wildman–Crippen LogP) is 4.63. The van der Waals surface area contributed by atoms with E-state index < -0.39 is 40.8 Å². The minimum atomic E-state index is -1.33. The van der Waals surface area contributed by atoms with Crippen molar-refractivity contribution in [3.05, 3.63) is 47.3 Å². The Labute approximate surface area is 227 Å². The first-order chi connectivity index (χ1) is 17.5. The van der Waals surface area contributed by atoms with E-state index in [1.807, 2.05) is 27.0 Å². The number of methoxy groups -OCH3 is 1. The van der Waals surface area contributed by atoms with E-state index in [4.69, 9.17) is 25.8 Å². The van der Waals surface area contributed by atoms with Crippen LogP contribution < -0.4 is 5.32 Å². The largest absolute Gasteiger partial charge is 0.443 e. The van der Waals surface area contributed by atoms with E-state index in [1.165, 1.54) is 19.2 Å². The zero-order valence-corrected chi connectivity index (χ0v) is 23.6. The topological polar surface area (TPSA) is 97.4 Å². The fourth-order valence-corrected chi connectivity index (χ4v) is 7.15. The number of alkyl halides is 1. The van der Waals surface area contributed by atoms with Gasteiger partial charge in [-0.05, 0) is 64.0 Å². The standard InChI is InChI=1S/C27H37ClFNO6S/c1-17(2)6-11-21-25(3,36-21)27(16-37-5)23(34-4)20(35-24(32)30-22(31)15-28)12-13-26(27,33)14-18-7-9-19(29)10-8-18/h6-10,20-21,23,33H,11-16H2,1-5H3,(H,30,31,32). The fourth-order valence-electron chi connectivity index (χ4n) is 5.91. The normalized spacial score (nSPS) is 32.9. The van der Waals surface area contributed by atoms with Crippen molar-refractivity contribution < 1.29 is 33.3 Å². The lowest BCUT2D eigenvalue weighted by Crippen LogP contribution is -2.71. The van der Waals surface area contributed by atoms with Gasteiger partial charge in [-0.1, -0.05) is 23.8 Å². The molecule has 0 radical (unpaired) electrons. The maximum absolute atomic E-state index is 13.6. The summed E-state index contributed by atoms with van der Waals surface area (Å²) in [6.45, 7) is 6.02. The van der Waals surface area contributed by atoms with Gasteiger partial charge in [-0.3, -0.25) is 10.1 Å². The molecule has 10 heteroatoms. The van der Waals surface area contributed by atoms with Crippen molar-refractivity contribution in [2.24, 2.45) is 5.41 Å². The molecule has 6 atom stereocenters. The first kappa shape index (κ1) is 29.9. The number of amides is 2. The number of carbonyl (C=O) groups is 2. The molecule has 1 heterocycles. The molecule has 6 unspecified atom stereocenters. The Morgan fingerprint density at radius 3 is 2.57 bits per heavy atom. The first-order valence-electron chi connectivity index (χ1n) is 12.3. The average molecular weight is 558 g/mol. The van der Waals surface area contributed by atoms with Crippen molar-refractivity contribution in [3.8, 4) is 0 Å². The number of hydrogen-bond acceptors (Lipinski definition) is 7. The Bertz CT molecular complexity index is 1010. The Hall–Kier alpha value is -1.65. The number of aliphatic hydroxyl groups is 1. The summed E-state index contributed by atoms with van der Waals surface area (Å²) in [5, 5.41) is 14.6. The van der Waals surface area contributed by atoms with Gasteiger partial charge in [0.1, 0.15) is 29.5 Å². The number of halogens is 2. The number of carbonyl (C=O) groups excluding carboxylic acids is 2. The molecule has 1 saturated heterocycles. The Morgan fingerprint density at radius 1 is 1.32 bits per heavy atom. The van der Waals surface area contributed by atoms with Crippen molar-refractivity contribution in [1.29, 1.82) is 0 Å². The molecule has 2 N–H and O–H groups in total. The van der Waals surface area contributed by atoms with Crippen LogP contribution in [0.25, 0.3) is 0 Å². The van der Waals surface area contributed by atoms with Gasteiger partial charge in [-0.15, -0.1) is 11.6 Å². The number of thioether (sulfide) groups is 1. The molecule has 1 aliphatic carbocycles. The highest BCUT2D eigenvalue weighted by atomic mass is 35.5. The minimum Gasteiger partial charge on any atom is -0.443 e. The number of imide groups is 1. The van der Waals surface area contributed by atoms with Gasteiger partial charge in [-0.2, -0.15) is 11.8 Å². The number of rotatable bonds is 10. The molecule has 1 aliphatic heterocycles. The second-order valence-electron chi connectivity index (χ2n) is 10.3. The number of allylic oxidation sites excluding steroid dienone is 1. The number of ether oxygens (including phenoxy) is 3. The summed E-state index contributed by atoms with van der Waals surface area (Å²) >= 11 is 7.06. The second kappa shape index (κ2) is 12.0. The molecule has 37 heavy (non-hydrogen) atoms. The molecule has 2 fully saturated rings. The molecule has 0 aromatic heterocycles. The van der Waals surface area contributed by atoms with Crippen LogP contribution in [0.1, 0.15) is 45.6 Å². The summed E-state index contributed by atoms with van der Waals surface area (Å²) in [6.07, 6.45) is 2.92. The summed E-state index contributed by atoms with van der Waals surface area (Å²) in [5.41, 5.74) is -1.21. The van der Waals surface area contributed by atoms with Crippen LogP contribution >= 0.6 is 23.4 Å². The number of hydrogen-bond donors (Lipinski definition) is 2. The Balaban J connectivity index is 2.06. The van der Waals surface area contributed by atoms with E-state index in [-0.39, 0.29) is 30.6 Å². The molecule has 0 bridgehead atoms. The molecule has 2 amide bonds. The highest BCUT2D eigenvalue weighted by Crippen LogP contribution is 2.64. The summed E-state index contributed by atoms with van der Waals surface area (Å²) in [5.74, 6) is -0.944. The van der Waals surface area contributed by atoms with Gasteiger partial charge >= 0.3 is 6.09 Å². The maximum atomic E-state index is 13.6. The van der Waals surface area contributed by atoms with Gasteiger partial charge in [0, 0.05) is 19.3 Å². The van der Waals surface area contributed by atoms with Crippen molar-refractivity contribution in [2.45, 2.75) is 76.0 Å². The smallest absolute Gasteiger partial charge is 0.414 e. The van der Waals surface area contributed by atoms with Crippen LogP contribution in [0.15, 0.2) is 35.9 Å². The highest BCUT2D eigenvalue weighted by molar-refractivity contribution is 7.98. The van der Waals surface area contributed by atoms with Crippen LogP contribution in [0.3, 0.4) is 0 Å². The summed E-state index contributed by atoms with van der Waals surface area (Å²) in [7, 11) is 1.53. The van der Waals surface area contributed by atoms with Gasteiger partial charge < -0.3 is 19.3 Å². The van der Waals surface area contributed by atoms with E-state index >= 15 is 0 Å². The van der Waals surface area contributed by atoms with E-state index in [0.717, 1.165) is 11.1 Å². The van der Waals surface area contributed by atoms with Crippen molar-refractivity contribution in [2.75, 3.05) is 25.0 Å². The molecular weight excluding hydrogens is 521 g/mol. The van der Waals surface area contributed by atoms with Gasteiger partial charge in [0.05, 0.1) is 17.1 Å². The van der Waals surface area contributed by atoms with Gasteiger partial charge in [-0.25, -0.2) is 9.18 Å². The van der Waals surface area contributed by atoms with Gasteiger partial charge in [0.15, 0.2) is 0 Å². The van der Waals surface area contributed by atoms with Crippen LogP contribution in [-0.4, -0.2) is 71.6 Å². The molecular formula is C27H37ClFNO6S. The van der Waals surface area contributed by atoms with E-state index in [1.54, 1.807) is 23.9 Å². The third kappa shape index (κ3) is 6.01. The Morgan fingerprint density at radius 2 is 2.00 bits per heavy atom. The lowest BCUT2D eigenvalue weighted by atomic mass is 9.53. The lowest BCUT2D eigenvalue weighted by molar-refractivity contribution is -0.229. The predicted molar refractivity (Wildman–Crippen MR) is 142 cm³/mol. The zero-order valence-electron chi connectivity index (χ0n) is 22.0. The van der Waals surface area contributed by atoms with E-state index in [9.17, 15) is 19.1 Å². The quantitative estimate of drug-likeness (QED) is 0.246. The SMILES string of the molecule is COC1C(OC(=O)NC(=O)CCl)CCC(O)(Cc2ccc(F)cc2)C1(CSC)C1(C)OC1CC=C(C)C. The van der Waals surface area contributed by atoms with Crippen LogP contribution in [-0.2, 0) is 25.4 Å². The van der Waals surface area contributed by atoms with Crippen LogP contribution in [0.5, 0.6) is 0 Å². The van der Waals surface area contributed by atoms with Crippen LogP contribution in [0, 0.1) is 11.2 Å². The fraction of sp³-hybridized carbons (Fsp3) is 0.630. The summed E-state index contributed by atoms with van der Waals surface area (Å²) in [4.78, 5) is 24.1. The molecule has 1 aromatic carbocycles. The first-order valence-corrected chi connectivity index (χ1v) is 14.3. The van der Waals surface area contributed by atoms with E-state index in [0.29, 0.717) is 18.6 Å². The molecule has 7 nitrogen and oxygen atoms in total. The molecule has 1 saturated carbocycles. The lowest BCUT2D eigenvalue weighted by Gasteiger charge is -2.58. The highest BCUT2D eigenvalue weighted by Gasteiger charge is 2.76. The Kier molecular flexibility index (Phi) is 9.72. The molecule has 1 aromatic rings. The second-order valence-corrected chi connectivity index (χ2v) is 11.4. The van der Waals surface area contributed by atoms with E-state index in [2.05, 4.69) is 11.4 Å². The van der Waals surface area contributed by atoms with Crippen LogP contribution in [0.4, 0.5) is 9.18 Å². The monoisotopic (exact) mass is 557 g/mol. The summed E-state index contributed by atoms with van der Waals surface area (Å²) in [6, 6.07) is 6.10. The molecule has 206 valence electrons. The van der Waals surface area contributed by atoms with Crippen molar-refractivity contribution in [1.82, 2.24) is 5.32 Å². The maximum Gasteiger partial charge on any atom is 0.414 e. The average Bonchev–Trinajstić information content (AvgIpc) is 3.52. The molecule has 0 spiro atoms. The van der Waals surface area contributed by atoms with Crippen LogP contribution in [0.2, 0.25) is 0 Å². The third-order valence-electron chi connectivity index (χ3n) is 7.72. The van der Waals surface area contributed by atoms with Crippen molar-refractivity contribution in [3.63, 3.8) is 0 Å². The molecule has 2 aliphatic rings. The molecule has 3 rings (SSSR count). The minimum absolute atomic E-state index is 0.183. The number of alkyl carbamates (subject to hydrolysis) is 1. The number of nitrogens with one attached hydrogen (secondary N) is 1. The number of benzene rings is 1. The van der Waals surface area contributed by atoms with Gasteiger partial charge in [0.2, 0.25) is 5.91 Å².